The molecule has 2 aromatic heterocycles. The molecule has 8 heteroatoms. The number of thiophene rings is 1. The number of rotatable bonds is 3. The van der Waals surface area contributed by atoms with E-state index in [-0.39, 0.29) is 29.6 Å². The molecule has 156 valence electrons. The third-order valence-electron chi connectivity index (χ3n) is 6.16. The van der Waals surface area contributed by atoms with Gasteiger partial charge in [0.2, 0.25) is 0 Å². The zero-order valence-electron chi connectivity index (χ0n) is 16.7. The van der Waals surface area contributed by atoms with E-state index >= 15 is 0 Å². The van der Waals surface area contributed by atoms with Crippen molar-refractivity contribution in [2.24, 2.45) is 5.73 Å². The van der Waals surface area contributed by atoms with Gasteiger partial charge in [-0.1, -0.05) is 6.07 Å². The number of hydrogen-bond acceptors (Lipinski definition) is 6. The van der Waals surface area contributed by atoms with E-state index in [4.69, 9.17) is 11.0 Å². The lowest BCUT2D eigenvalue weighted by molar-refractivity contribution is 0.0580. The van der Waals surface area contributed by atoms with Gasteiger partial charge in [-0.05, 0) is 55.5 Å². The van der Waals surface area contributed by atoms with E-state index in [2.05, 4.69) is 9.97 Å². The first kappa shape index (κ1) is 19.8. The summed E-state index contributed by atoms with van der Waals surface area (Å²) in [4.78, 5) is 25.2. The van der Waals surface area contributed by atoms with Gasteiger partial charge < -0.3 is 10.6 Å². The van der Waals surface area contributed by atoms with Crippen molar-refractivity contribution >= 4 is 17.2 Å². The largest absolute Gasteiger partial charge is 0.332 e. The summed E-state index contributed by atoms with van der Waals surface area (Å²) < 4.78 is 14.3. The molecule has 2 aliphatic rings. The maximum Gasteiger partial charge on any atom is 0.264 e. The second kappa shape index (κ2) is 7.84. The number of fused-ring (bicyclic) bond motifs is 2. The lowest BCUT2D eigenvalue weighted by Gasteiger charge is -2.37. The minimum absolute atomic E-state index is 0.0000677. The Balaban J connectivity index is 1.58. The summed E-state index contributed by atoms with van der Waals surface area (Å²) in [5.74, 6) is -0.587. The van der Waals surface area contributed by atoms with Crippen LogP contribution in [-0.4, -0.2) is 38.9 Å². The number of hydrogen-bond donors (Lipinski definition) is 1. The highest BCUT2D eigenvalue weighted by atomic mass is 32.1. The number of piperidine rings is 1. The van der Waals surface area contributed by atoms with Crippen molar-refractivity contribution in [1.82, 2.24) is 14.9 Å². The summed E-state index contributed by atoms with van der Waals surface area (Å²) in [6.45, 7) is 0. The summed E-state index contributed by atoms with van der Waals surface area (Å²) in [5, 5.41) is 9.04. The number of aromatic nitrogens is 2. The quantitative estimate of drug-likeness (QED) is 0.674. The number of nitriles is 1. The highest BCUT2D eigenvalue weighted by Crippen LogP contribution is 2.42. The number of halogens is 1. The molecule has 31 heavy (non-hydrogen) atoms. The molecular weight excluding hydrogens is 413 g/mol. The van der Waals surface area contributed by atoms with Crippen LogP contribution in [0, 0.1) is 17.1 Å². The molecular formula is C23H20FN5OS. The fourth-order valence-corrected chi connectivity index (χ4v) is 5.88. The summed E-state index contributed by atoms with van der Waals surface area (Å²) in [5.41, 5.74) is 8.14. The van der Waals surface area contributed by atoms with Crippen LogP contribution in [0.5, 0.6) is 0 Å². The van der Waals surface area contributed by atoms with Gasteiger partial charge in [-0.15, -0.1) is 11.3 Å². The van der Waals surface area contributed by atoms with Crippen molar-refractivity contribution in [3.8, 4) is 27.8 Å². The molecule has 4 heterocycles. The van der Waals surface area contributed by atoms with Crippen LogP contribution >= 0.6 is 11.3 Å². The highest BCUT2D eigenvalue weighted by Gasteiger charge is 2.43. The Kier molecular flexibility index (Phi) is 5.00. The Bertz CT molecular complexity index is 1170. The molecule has 0 radical (unpaired) electrons. The van der Waals surface area contributed by atoms with Crippen LogP contribution in [0.25, 0.3) is 21.7 Å². The molecule has 5 rings (SSSR count). The number of carbonyl (C=O) groups is 1. The van der Waals surface area contributed by atoms with Gasteiger partial charge in [0.15, 0.2) is 0 Å². The Morgan fingerprint density at radius 1 is 1.23 bits per heavy atom. The van der Waals surface area contributed by atoms with Crippen LogP contribution in [0.1, 0.15) is 40.9 Å². The van der Waals surface area contributed by atoms with Gasteiger partial charge >= 0.3 is 0 Å². The maximum atomic E-state index is 14.3. The van der Waals surface area contributed by atoms with E-state index in [1.165, 1.54) is 29.8 Å². The summed E-state index contributed by atoms with van der Waals surface area (Å²) in [6, 6.07) is 10.4. The zero-order chi connectivity index (χ0) is 21.5. The van der Waals surface area contributed by atoms with Crippen molar-refractivity contribution in [3.05, 3.63) is 59.1 Å². The molecule has 3 aromatic rings. The van der Waals surface area contributed by atoms with Crippen LogP contribution < -0.4 is 5.73 Å². The van der Waals surface area contributed by atoms with Crippen LogP contribution in [0.3, 0.4) is 0 Å². The molecule has 2 aliphatic heterocycles. The van der Waals surface area contributed by atoms with E-state index in [0.29, 0.717) is 16.1 Å². The predicted octanol–water partition coefficient (Wildman–Crippen LogP) is 3.98. The van der Waals surface area contributed by atoms with E-state index < -0.39 is 5.82 Å². The molecule has 2 unspecified atom stereocenters. The second-order valence-electron chi connectivity index (χ2n) is 8.08. The maximum absolute atomic E-state index is 14.3. The van der Waals surface area contributed by atoms with Gasteiger partial charge in [0.1, 0.15) is 18.2 Å². The number of carbonyl (C=O) groups excluding carboxylic acids is 1. The molecule has 2 saturated heterocycles. The first-order valence-corrected chi connectivity index (χ1v) is 11.0. The van der Waals surface area contributed by atoms with Gasteiger partial charge in [0.25, 0.3) is 5.91 Å². The predicted molar refractivity (Wildman–Crippen MR) is 116 cm³/mol. The SMILES string of the molecule is N#Cc1ccc(-c2cc(C(=O)N3C4CCC3CC(N)C4)sc2-c2ccncn2)cc1F. The number of benzene rings is 1. The summed E-state index contributed by atoms with van der Waals surface area (Å²) >= 11 is 1.36. The average Bonchev–Trinajstić information content (AvgIpc) is 3.34. The standard InChI is InChI=1S/C23H20FN5OS/c24-19-7-13(1-2-14(19)11-25)18-10-21(31-22(18)20-5-6-27-12-28-20)23(30)29-16-3-4-17(29)9-15(26)8-16/h1-2,5-7,10,12,15-17H,3-4,8-9,26H2. The first-order chi connectivity index (χ1) is 15.0. The molecule has 6 nitrogen and oxygen atoms in total. The van der Waals surface area contributed by atoms with Crippen LogP contribution in [0.2, 0.25) is 0 Å². The fraction of sp³-hybridized carbons (Fsp3) is 0.304. The second-order valence-corrected chi connectivity index (χ2v) is 9.14. The summed E-state index contributed by atoms with van der Waals surface area (Å²) in [7, 11) is 0. The monoisotopic (exact) mass is 433 g/mol. The van der Waals surface area contributed by atoms with E-state index in [0.717, 1.165) is 36.1 Å². The van der Waals surface area contributed by atoms with Gasteiger partial charge in [0.05, 0.1) is 21.0 Å². The van der Waals surface area contributed by atoms with E-state index in [9.17, 15) is 9.18 Å². The molecule has 0 saturated carbocycles. The lowest BCUT2D eigenvalue weighted by atomic mass is 9.97. The lowest BCUT2D eigenvalue weighted by Crippen LogP contribution is -2.49. The molecule has 1 aromatic carbocycles. The number of nitrogens with zero attached hydrogens (tertiary/aromatic N) is 4. The number of nitrogens with two attached hydrogens (primary N) is 1. The van der Waals surface area contributed by atoms with Crippen molar-refractivity contribution in [2.45, 2.75) is 43.8 Å². The molecule has 0 aliphatic carbocycles. The Hall–Kier alpha value is -3.15. The Morgan fingerprint density at radius 3 is 2.65 bits per heavy atom. The van der Waals surface area contributed by atoms with Gasteiger partial charge in [-0.3, -0.25) is 4.79 Å². The Labute approximate surface area is 183 Å². The molecule has 0 spiro atoms. The fourth-order valence-electron chi connectivity index (χ4n) is 4.78. The van der Waals surface area contributed by atoms with Crippen molar-refractivity contribution in [1.29, 1.82) is 5.26 Å². The van der Waals surface area contributed by atoms with E-state index in [1.807, 2.05) is 17.0 Å². The topological polar surface area (TPSA) is 95.9 Å². The number of amides is 1. The van der Waals surface area contributed by atoms with Crippen molar-refractivity contribution in [2.75, 3.05) is 0 Å². The first-order valence-electron chi connectivity index (χ1n) is 10.2. The smallest absolute Gasteiger partial charge is 0.264 e. The van der Waals surface area contributed by atoms with Crippen LogP contribution in [-0.2, 0) is 0 Å². The normalized spacial score (nSPS) is 22.4. The molecule has 2 atom stereocenters. The Morgan fingerprint density at radius 2 is 2.00 bits per heavy atom. The highest BCUT2D eigenvalue weighted by molar-refractivity contribution is 7.18. The minimum Gasteiger partial charge on any atom is -0.332 e. The zero-order valence-corrected chi connectivity index (χ0v) is 17.5. The molecule has 2 bridgehead atoms. The third kappa shape index (κ3) is 3.50. The van der Waals surface area contributed by atoms with Crippen LogP contribution in [0.4, 0.5) is 4.39 Å². The van der Waals surface area contributed by atoms with Crippen LogP contribution in [0.15, 0.2) is 42.9 Å². The molecule has 2 fully saturated rings. The third-order valence-corrected chi connectivity index (χ3v) is 7.31. The molecule has 1 amide bonds. The van der Waals surface area contributed by atoms with Gasteiger partial charge in [0, 0.05) is 29.9 Å². The minimum atomic E-state index is -0.587. The average molecular weight is 434 g/mol. The molecule has 2 N–H and O–H groups in total. The van der Waals surface area contributed by atoms with Crippen molar-refractivity contribution < 1.29 is 9.18 Å². The summed E-state index contributed by atoms with van der Waals surface area (Å²) in [6.07, 6.45) is 6.73. The van der Waals surface area contributed by atoms with Crippen molar-refractivity contribution in [3.63, 3.8) is 0 Å². The van der Waals surface area contributed by atoms with Gasteiger partial charge in [-0.2, -0.15) is 5.26 Å². The van der Waals surface area contributed by atoms with E-state index in [1.54, 1.807) is 18.3 Å². The van der Waals surface area contributed by atoms with Gasteiger partial charge in [-0.25, -0.2) is 14.4 Å².